The molecule has 1 fully saturated rings. The number of nitrogens with one attached hydrogen (secondary N) is 1. The predicted octanol–water partition coefficient (Wildman–Crippen LogP) is 4.52. The number of amides is 3. The lowest BCUT2D eigenvalue weighted by atomic mass is 9.85. The number of fused-ring (bicyclic) bond motifs is 1. The number of ether oxygens (including phenoxy) is 2. The van der Waals surface area contributed by atoms with Gasteiger partial charge in [-0.1, -0.05) is 60.7 Å². The number of allylic oxidation sites excluding steroid dienone is 2. The van der Waals surface area contributed by atoms with Gasteiger partial charge in [-0.05, 0) is 54.8 Å². The van der Waals surface area contributed by atoms with Gasteiger partial charge in [-0.3, -0.25) is 19.3 Å². The van der Waals surface area contributed by atoms with Crippen LogP contribution in [0.3, 0.4) is 0 Å². The van der Waals surface area contributed by atoms with Gasteiger partial charge < -0.3 is 14.8 Å². The van der Waals surface area contributed by atoms with Crippen LogP contribution in [-0.2, 0) is 30.3 Å². The average Bonchev–Trinajstić information content (AvgIpc) is 3.22. The largest absolute Gasteiger partial charge is 0.457 e. The van der Waals surface area contributed by atoms with Crippen molar-refractivity contribution in [2.45, 2.75) is 25.3 Å². The average molecular weight is 525 g/mol. The van der Waals surface area contributed by atoms with E-state index in [9.17, 15) is 19.2 Å². The van der Waals surface area contributed by atoms with E-state index >= 15 is 0 Å². The van der Waals surface area contributed by atoms with Gasteiger partial charge in [0.25, 0.3) is 5.91 Å². The maximum absolute atomic E-state index is 13.2. The van der Waals surface area contributed by atoms with Crippen LogP contribution in [0.1, 0.15) is 18.4 Å². The third-order valence-electron chi connectivity index (χ3n) is 6.86. The van der Waals surface area contributed by atoms with Crippen molar-refractivity contribution in [2.24, 2.45) is 11.8 Å². The van der Waals surface area contributed by atoms with E-state index in [1.165, 1.54) is 0 Å². The Morgan fingerprint density at radius 3 is 1.97 bits per heavy atom. The Labute approximate surface area is 226 Å². The fourth-order valence-corrected chi connectivity index (χ4v) is 4.91. The van der Waals surface area contributed by atoms with E-state index in [0.717, 1.165) is 10.5 Å². The van der Waals surface area contributed by atoms with Crippen molar-refractivity contribution < 1.29 is 28.7 Å². The first-order valence-corrected chi connectivity index (χ1v) is 12.8. The van der Waals surface area contributed by atoms with E-state index in [2.05, 4.69) is 5.32 Å². The molecular formula is C31H28N2O6. The summed E-state index contributed by atoms with van der Waals surface area (Å²) in [6, 6.07) is 24.0. The molecule has 0 aromatic heterocycles. The minimum atomic E-state index is -1.15. The Balaban J connectivity index is 1.22. The molecule has 8 heteroatoms. The summed E-state index contributed by atoms with van der Waals surface area (Å²) in [6.07, 6.45) is 4.83. The molecule has 3 amide bonds. The SMILES string of the molecule is O=C(COC(=O)[C@@H](Cc1ccccc1)N1C(=O)[C@H]2CC=CC[C@H]2C1=O)Nc1ccc(Oc2ccccc2)cc1. The summed E-state index contributed by atoms with van der Waals surface area (Å²) in [5.74, 6) is -1.72. The summed E-state index contributed by atoms with van der Waals surface area (Å²) in [5, 5.41) is 2.68. The second kappa shape index (κ2) is 11.8. The van der Waals surface area contributed by atoms with Gasteiger partial charge in [0, 0.05) is 12.1 Å². The third kappa shape index (κ3) is 6.06. The Morgan fingerprint density at radius 1 is 0.795 bits per heavy atom. The molecule has 0 unspecified atom stereocenters. The van der Waals surface area contributed by atoms with Gasteiger partial charge in [0.15, 0.2) is 6.61 Å². The highest BCUT2D eigenvalue weighted by atomic mass is 16.5. The quantitative estimate of drug-likeness (QED) is 0.251. The standard InChI is InChI=1S/C31H28N2O6/c34-28(32-22-15-17-24(18-16-22)39-23-11-5-2-6-12-23)20-38-31(37)27(19-21-9-3-1-4-10-21)33-29(35)25-13-7-8-14-26(25)30(33)36/h1-12,15-18,25-27H,13-14,19-20H2,(H,32,34)/t25-,26+,27-/m1/s1. The highest BCUT2D eigenvalue weighted by Crippen LogP contribution is 2.36. The molecule has 0 radical (unpaired) electrons. The molecule has 2 aliphatic rings. The van der Waals surface area contributed by atoms with Gasteiger partial charge in [-0.15, -0.1) is 0 Å². The highest BCUT2D eigenvalue weighted by molar-refractivity contribution is 6.08. The Kier molecular flexibility index (Phi) is 7.82. The van der Waals surface area contributed by atoms with Gasteiger partial charge in [-0.2, -0.15) is 0 Å². The fourth-order valence-electron chi connectivity index (χ4n) is 4.91. The number of para-hydroxylation sites is 1. The van der Waals surface area contributed by atoms with Crippen LogP contribution in [0.5, 0.6) is 11.5 Å². The molecule has 0 spiro atoms. The molecule has 39 heavy (non-hydrogen) atoms. The number of anilines is 1. The van der Waals surface area contributed by atoms with Gasteiger partial charge in [0.2, 0.25) is 11.8 Å². The summed E-state index contributed by atoms with van der Waals surface area (Å²) in [5.41, 5.74) is 1.27. The molecule has 1 heterocycles. The first kappa shape index (κ1) is 25.9. The minimum absolute atomic E-state index is 0.106. The molecule has 1 N–H and O–H groups in total. The smallest absolute Gasteiger partial charge is 0.330 e. The summed E-state index contributed by atoms with van der Waals surface area (Å²) in [6.45, 7) is -0.559. The van der Waals surface area contributed by atoms with E-state index in [0.29, 0.717) is 30.0 Å². The second-order valence-electron chi connectivity index (χ2n) is 9.50. The molecule has 0 bridgehead atoms. The van der Waals surface area contributed by atoms with E-state index in [-0.39, 0.29) is 18.2 Å². The monoisotopic (exact) mass is 524 g/mol. The zero-order valence-corrected chi connectivity index (χ0v) is 21.2. The summed E-state index contributed by atoms with van der Waals surface area (Å²) in [4.78, 5) is 53.2. The molecule has 1 aliphatic carbocycles. The lowest BCUT2D eigenvalue weighted by Gasteiger charge is -2.25. The van der Waals surface area contributed by atoms with Gasteiger partial charge in [0.05, 0.1) is 11.8 Å². The molecule has 198 valence electrons. The Hall–Kier alpha value is -4.72. The summed E-state index contributed by atoms with van der Waals surface area (Å²) < 4.78 is 11.1. The highest BCUT2D eigenvalue weighted by Gasteiger charge is 2.51. The van der Waals surface area contributed by atoms with Crippen LogP contribution in [0.25, 0.3) is 0 Å². The molecule has 3 aromatic carbocycles. The number of carbonyl (C=O) groups is 4. The molecule has 8 nitrogen and oxygen atoms in total. The van der Waals surface area contributed by atoms with Gasteiger partial charge in [0.1, 0.15) is 17.5 Å². The molecule has 5 rings (SSSR count). The number of rotatable bonds is 9. The van der Waals surface area contributed by atoms with Crippen LogP contribution >= 0.6 is 0 Å². The number of imide groups is 1. The molecule has 1 saturated heterocycles. The zero-order chi connectivity index (χ0) is 27.2. The van der Waals surface area contributed by atoms with E-state index in [1.807, 2.05) is 72.8 Å². The number of esters is 1. The van der Waals surface area contributed by atoms with Crippen LogP contribution in [0.4, 0.5) is 5.69 Å². The Morgan fingerprint density at radius 2 is 1.36 bits per heavy atom. The normalized spacial score (nSPS) is 18.8. The third-order valence-corrected chi connectivity index (χ3v) is 6.86. The zero-order valence-electron chi connectivity index (χ0n) is 21.2. The van der Waals surface area contributed by atoms with Crippen molar-refractivity contribution in [1.29, 1.82) is 0 Å². The second-order valence-corrected chi connectivity index (χ2v) is 9.50. The van der Waals surface area contributed by atoms with Crippen molar-refractivity contribution in [3.05, 3.63) is 103 Å². The van der Waals surface area contributed by atoms with Crippen molar-refractivity contribution in [3.63, 3.8) is 0 Å². The van der Waals surface area contributed by atoms with Crippen molar-refractivity contribution in [1.82, 2.24) is 4.90 Å². The molecule has 3 aromatic rings. The van der Waals surface area contributed by atoms with Crippen LogP contribution in [0.15, 0.2) is 97.1 Å². The molecule has 1 aliphatic heterocycles. The summed E-state index contributed by atoms with van der Waals surface area (Å²) >= 11 is 0. The van der Waals surface area contributed by atoms with Gasteiger partial charge in [-0.25, -0.2) is 4.79 Å². The first-order chi connectivity index (χ1) is 19.0. The maximum atomic E-state index is 13.2. The fraction of sp³-hybridized carbons (Fsp3) is 0.226. The summed E-state index contributed by atoms with van der Waals surface area (Å²) in [7, 11) is 0. The van der Waals surface area contributed by atoms with E-state index in [1.54, 1.807) is 24.3 Å². The van der Waals surface area contributed by atoms with Crippen molar-refractivity contribution in [2.75, 3.05) is 11.9 Å². The predicted molar refractivity (Wildman–Crippen MR) is 144 cm³/mol. The molecular weight excluding hydrogens is 496 g/mol. The number of hydrogen-bond acceptors (Lipinski definition) is 6. The lowest BCUT2D eigenvalue weighted by molar-refractivity contribution is -0.159. The number of likely N-dealkylation sites (tertiary alicyclic amines) is 1. The number of carbonyl (C=O) groups excluding carboxylic acids is 4. The maximum Gasteiger partial charge on any atom is 0.330 e. The topological polar surface area (TPSA) is 102 Å². The molecule has 3 atom stereocenters. The van der Waals surface area contributed by atoms with Crippen LogP contribution in [-0.4, -0.2) is 41.2 Å². The van der Waals surface area contributed by atoms with E-state index < -0.39 is 36.4 Å². The van der Waals surface area contributed by atoms with Crippen LogP contribution in [0.2, 0.25) is 0 Å². The minimum Gasteiger partial charge on any atom is -0.457 e. The van der Waals surface area contributed by atoms with Crippen LogP contribution < -0.4 is 10.1 Å². The van der Waals surface area contributed by atoms with Crippen molar-refractivity contribution in [3.8, 4) is 11.5 Å². The van der Waals surface area contributed by atoms with E-state index in [4.69, 9.17) is 9.47 Å². The molecule has 0 saturated carbocycles. The first-order valence-electron chi connectivity index (χ1n) is 12.8. The number of benzene rings is 3. The van der Waals surface area contributed by atoms with Crippen molar-refractivity contribution >= 4 is 29.4 Å². The van der Waals surface area contributed by atoms with Crippen LogP contribution in [0, 0.1) is 11.8 Å². The van der Waals surface area contributed by atoms with Gasteiger partial charge >= 0.3 is 5.97 Å². The number of hydrogen-bond donors (Lipinski definition) is 1. The number of nitrogens with zero attached hydrogens (tertiary/aromatic N) is 1. The lowest BCUT2D eigenvalue weighted by Crippen LogP contribution is -2.48. The Bertz CT molecular complexity index is 1350.